The number of hydrogen-bond donors (Lipinski definition) is 4. The number of anilines is 1. The number of carboxylic acid groups (broad SMARTS) is 1. The molecule has 0 spiro atoms. The van der Waals surface area contributed by atoms with E-state index in [0.717, 1.165) is 27.6 Å². The third kappa shape index (κ3) is 8.50. The molecule has 0 fully saturated rings. The van der Waals surface area contributed by atoms with Crippen LogP contribution in [0.25, 0.3) is 0 Å². The average Bonchev–Trinajstić information content (AvgIpc) is 2.91. The third-order valence-electron chi connectivity index (χ3n) is 6.16. The average molecular weight is 571 g/mol. The van der Waals surface area contributed by atoms with Gasteiger partial charge in [0, 0.05) is 25.7 Å². The van der Waals surface area contributed by atoms with Gasteiger partial charge in [0.2, 0.25) is 10.0 Å². The van der Waals surface area contributed by atoms with E-state index in [2.05, 4.69) is 10.6 Å². The fraction of sp³-hybridized carbons (Fsp3) is 0.321. The Morgan fingerprint density at radius 1 is 0.975 bits per heavy atom. The Hall–Kier alpha value is -4.00. The van der Waals surface area contributed by atoms with Crippen LogP contribution in [0.1, 0.15) is 25.0 Å². The van der Waals surface area contributed by atoms with Gasteiger partial charge in [0.25, 0.3) is 5.69 Å². The maximum atomic E-state index is 13.8. The summed E-state index contributed by atoms with van der Waals surface area (Å²) in [5.74, 6) is -0.129. The molecule has 2 atom stereocenters. The molecule has 3 rings (SSSR count). The van der Waals surface area contributed by atoms with Crippen LogP contribution >= 0.6 is 0 Å². The topological polar surface area (TPSA) is 162 Å². The molecule has 0 saturated heterocycles. The number of nitro groups is 1. The highest BCUT2D eigenvalue weighted by atomic mass is 32.2. The van der Waals surface area contributed by atoms with Gasteiger partial charge in [0.05, 0.1) is 22.0 Å². The molecule has 214 valence electrons. The summed E-state index contributed by atoms with van der Waals surface area (Å²) in [6, 6.07) is 20.6. The molecule has 0 saturated carbocycles. The van der Waals surface area contributed by atoms with Crippen molar-refractivity contribution in [1.29, 1.82) is 0 Å². The Bertz CT molecular complexity index is 1390. The summed E-state index contributed by atoms with van der Waals surface area (Å²) in [5.41, 5.74) is 1.38. The first-order valence-electron chi connectivity index (χ1n) is 12.7. The second-order valence-electron chi connectivity index (χ2n) is 9.80. The van der Waals surface area contributed by atoms with E-state index in [1.165, 1.54) is 6.07 Å². The molecule has 3 aromatic carbocycles. The van der Waals surface area contributed by atoms with Gasteiger partial charge >= 0.3 is 6.09 Å². The van der Waals surface area contributed by atoms with E-state index >= 15 is 0 Å². The van der Waals surface area contributed by atoms with Crippen molar-refractivity contribution >= 4 is 27.5 Å². The Kier molecular flexibility index (Phi) is 10.6. The van der Waals surface area contributed by atoms with Gasteiger partial charge in [-0.3, -0.25) is 10.1 Å². The standard InChI is InChI=1S/C28H34N4O7S/c1-20(2)18-31(19-27(33)25(30-28(34)35)15-21-9-5-3-6-10-21)40(38,39)23-13-14-26(32(36)37)24(16-23)29-17-22-11-7-4-8-12-22/h3-14,16,20,25,27,29-30,33H,15,17-19H2,1-2H3,(H,34,35)/t25-,27+/m0/s1. The van der Waals surface area contributed by atoms with Gasteiger partial charge in [0.1, 0.15) is 5.69 Å². The van der Waals surface area contributed by atoms with Crippen molar-refractivity contribution in [3.63, 3.8) is 0 Å². The summed E-state index contributed by atoms with van der Waals surface area (Å²) >= 11 is 0. The van der Waals surface area contributed by atoms with Crippen LogP contribution in [0.2, 0.25) is 0 Å². The quantitative estimate of drug-likeness (QED) is 0.166. The number of benzene rings is 3. The second kappa shape index (κ2) is 13.9. The second-order valence-corrected chi connectivity index (χ2v) is 11.7. The molecular formula is C28H34N4O7S. The molecule has 0 bridgehead atoms. The first-order valence-corrected chi connectivity index (χ1v) is 14.2. The summed E-state index contributed by atoms with van der Waals surface area (Å²) in [6.07, 6.45) is -2.57. The number of amides is 1. The van der Waals surface area contributed by atoms with Gasteiger partial charge in [-0.2, -0.15) is 4.31 Å². The van der Waals surface area contributed by atoms with Crippen LogP contribution in [0, 0.1) is 16.0 Å². The van der Waals surface area contributed by atoms with Crippen LogP contribution in [-0.4, -0.2) is 59.2 Å². The summed E-state index contributed by atoms with van der Waals surface area (Å²) < 4.78 is 28.7. The summed E-state index contributed by atoms with van der Waals surface area (Å²) in [6.45, 7) is 3.51. The van der Waals surface area contributed by atoms with E-state index in [4.69, 9.17) is 0 Å². The zero-order valence-corrected chi connectivity index (χ0v) is 23.1. The smallest absolute Gasteiger partial charge is 0.404 e. The van der Waals surface area contributed by atoms with E-state index in [0.29, 0.717) is 0 Å². The minimum absolute atomic E-state index is 0.0360. The number of nitrogens with zero attached hydrogens (tertiary/aromatic N) is 2. The van der Waals surface area contributed by atoms with E-state index in [1.54, 1.807) is 24.3 Å². The fourth-order valence-corrected chi connectivity index (χ4v) is 5.89. The minimum atomic E-state index is -4.24. The number of hydrogen-bond acceptors (Lipinski definition) is 7. The predicted molar refractivity (Wildman–Crippen MR) is 152 cm³/mol. The van der Waals surface area contributed by atoms with Crippen LogP contribution in [-0.2, 0) is 23.0 Å². The zero-order chi connectivity index (χ0) is 29.3. The van der Waals surface area contributed by atoms with Gasteiger partial charge in [-0.1, -0.05) is 74.5 Å². The van der Waals surface area contributed by atoms with Crippen molar-refractivity contribution in [3.8, 4) is 0 Å². The van der Waals surface area contributed by atoms with Crippen molar-refractivity contribution < 1.29 is 28.3 Å². The molecular weight excluding hydrogens is 536 g/mol. The number of nitro benzene ring substituents is 1. The fourth-order valence-electron chi connectivity index (χ4n) is 4.24. The van der Waals surface area contributed by atoms with Crippen LogP contribution in [0.5, 0.6) is 0 Å². The normalized spacial score (nSPS) is 13.1. The maximum Gasteiger partial charge on any atom is 0.404 e. The van der Waals surface area contributed by atoms with E-state index < -0.39 is 33.2 Å². The van der Waals surface area contributed by atoms with Crippen molar-refractivity contribution in [2.24, 2.45) is 5.92 Å². The molecule has 0 aliphatic heterocycles. The molecule has 0 unspecified atom stereocenters. The molecule has 12 heteroatoms. The number of aliphatic hydroxyl groups excluding tert-OH is 1. The molecule has 11 nitrogen and oxygen atoms in total. The molecule has 4 N–H and O–H groups in total. The predicted octanol–water partition coefficient (Wildman–Crippen LogP) is 4.09. The van der Waals surface area contributed by atoms with E-state index in [9.17, 15) is 33.5 Å². The van der Waals surface area contributed by atoms with Crippen molar-refractivity contribution in [2.45, 2.75) is 43.9 Å². The molecule has 0 aliphatic rings. The lowest BCUT2D eigenvalue weighted by atomic mass is 10.0. The highest BCUT2D eigenvalue weighted by molar-refractivity contribution is 7.89. The third-order valence-corrected chi connectivity index (χ3v) is 7.99. The molecule has 1 amide bonds. The number of rotatable bonds is 14. The van der Waals surface area contributed by atoms with Crippen molar-refractivity contribution in [3.05, 3.63) is 100 Å². The van der Waals surface area contributed by atoms with Gasteiger partial charge in [-0.05, 0) is 35.6 Å². The highest BCUT2D eigenvalue weighted by Gasteiger charge is 2.32. The van der Waals surface area contributed by atoms with E-state index in [1.807, 2.05) is 50.2 Å². The SMILES string of the molecule is CC(C)CN(C[C@@H](O)[C@H](Cc1ccccc1)NC(=O)O)S(=O)(=O)c1ccc([N+](=O)[O-])c(NCc2ccccc2)c1. The number of nitrogens with one attached hydrogen (secondary N) is 2. The molecule has 3 aromatic rings. The lowest BCUT2D eigenvalue weighted by Gasteiger charge is -2.30. The largest absolute Gasteiger partial charge is 0.465 e. The maximum absolute atomic E-state index is 13.8. The first-order chi connectivity index (χ1) is 19.0. The van der Waals surface area contributed by atoms with E-state index in [-0.39, 0.29) is 48.2 Å². The first kappa shape index (κ1) is 30.5. The molecule has 0 heterocycles. The van der Waals surface area contributed by atoms with Crippen LogP contribution < -0.4 is 10.6 Å². The van der Waals surface area contributed by atoms with Crippen molar-refractivity contribution in [2.75, 3.05) is 18.4 Å². The summed E-state index contributed by atoms with van der Waals surface area (Å²) in [7, 11) is -4.24. The van der Waals surface area contributed by atoms with Crippen LogP contribution in [0.3, 0.4) is 0 Å². The van der Waals surface area contributed by atoms with Gasteiger partial charge < -0.3 is 20.8 Å². The molecule has 0 aromatic heterocycles. The Morgan fingerprint density at radius 3 is 2.12 bits per heavy atom. The molecule has 40 heavy (non-hydrogen) atoms. The molecule has 0 aliphatic carbocycles. The monoisotopic (exact) mass is 570 g/mol. The van der Waals surface area contributed by atoms with Gasteiger partial charge in [0.15, 0.2) is 0 Å². The summed E-state index contributed by atoms with van der Waals surface area (Å²) in [5, 5.41) is 37.3. The van der Waals surface area contributed by atoms with Crippen LogP contribution in [0.15, 0.2) is 83.8 Å². The summed E-state index contributed by atoms with van der Waals surface area (Å²) in [4.78, 5) is 22.3. The van der Waals surface area contributed by atoms with Gasteiger partial charge in [-0.15, -0.1) is 0 Å². The zero-order valence-electron chi connectivity index (χ0n) is 22.3. The minimum Gasteiger partial charge on any atom is -0.465 e. The Balaban J connectivity index is 1.91. The lowest BCUT2D eigenvalue weighted by Crippen LogP contribution is -2.50. The number of sulfonamides is 1. The Labute approximate surface area is 233 Å². The molecule has 0 radical (unpaired) electrons. The number of carbonyl (C=O) groups is 1. The number of aliphatic hydroxyl groups is 1. The van der Waals surface area contributed by atoms with Crippen molar-refractivity contribution in [1.82, 2.24) is 9.62 Å². The highest BCUT2D eigenvalue weighted by Crippen LogP contribution is 2.30. The lowest BCUT2D eigenvalue weighted by molar-refractivity contribution is -0.384. The Morgan fingerprint density at radius 2 is 1.57 bits per heavy atom. The van der Waals surface area contributed by atoms with Crippen LogP contribution in [0.4, 0.5) is 16.2 Å². The van der Waals surface area contributed by atoms with Gasteiger partial charge in [-0.25, -0.2) is 13.2 Å².